The number of halogens is 2. The summed E-state index contributed by atoms with van der Waals surface area (Å²) >= 11 is 16.6. The summed E-state index contributed by atoms with van der Waals surface area (Å²) in [6.07, 6.45) is 49.2. The molecule has 0 aliphatic carbocycles. The highest BCUT2D eigenvalue weighted by atomic mass is 35.7. The summed E-state index contributed by atoms with van der Waals surface area (Å²) in [7, 11) is 0. The Morgan fingerprint density at radius 1 is 0.293 bits per heavy atom. The molecule has 0 saturated carbocycles. The van der Waals surface area contributed by atoms with Crippen LogP contribution in [0.15, 0.2) is 0 Å². The lowest BCUT2D eigenvalue weighted by Gasteiger charge is -2.09. The quantitative estimate of drug-likeness (QED) is 0.0296. The van der Waals surface area contributed by atoms with Gasteiger partial charge in [0.25, 0.3) is 0 Å². The van der Waals surface area contributed by atoms with Crippen molar-refractivity contribution in [3.05, 3.63) is 0 Å². The van der Waals surface area contributed by atoms with Crippen molar-refractivity contribution >= 4 is 41.5 Å². The molecule has 41 heavy (non-hydrogen) atoms. The number of rotatable bonds is 36. The van der Waals surface area contributed by atoms with E-state index in [9.17, 15) is 0 Å². The third-order valence-corrected chi connectivity index (χ3v) is 11.7. The van der Waals surface area contributed by atoms with Crippen LogP contribution in [0.25, 0.3) is 0 Å². The summed E-state index contributed by atoms with van der Waals surface area (Å²) in [5, 5.41) is 0. The third-order valence-electron chi connectivity index (χ3n) is 9.02. The highest BCUT2D eigenvalue weighted by molar-refractivity contribution is 7.80. The third kappa shape index (κ3) is 41.1. The van der Waals surface area contributed by atoms with Crippen LogP contribution in [0.4, 0.5) is 0 Å². The van der Waals surface area contributed by atoms with E-state index in [0.29, 0.717) is 0 Å². The van der Waals surface area contributed by atoms with Gasteiger partial charge in [0, 0.05) is 0 Å². The van der Waals surface area contributed by atoms with Crippen molar-refractivity contribution in [3.8, 4) is 0 Å². The first-order valence-corrected chi connectivity index (χ1v) is 24.4. The zero-order valence-corrected chi connectivity index (χ0v) is 31.6. The number of unbranched alkanes of at least 4 members (excludes halogenated alkanes) is 33. The van der Waals surface area contributed by atoms with Crippen LogP contribution in [-0.2, 0) is 0 Å². The molecule has 0 aromatic rings. The molecule has 0 aliphatic rings. The van der Waals surface area contributed by atoms with Crippen molar-refractivity contribution in [1.29, 1.82) is 0 Å². The maximum atomic E-state index is 6.16. The first kappa shape index (κ1) is 42.1. The molecule has 0 heterocycles. The Balaban J connectivity index is 3.04. The van der Waals surface area contributed by atoms with E-state index in [4.69, 9.17) is 22.2 Å². The van der Waals surface area contributed by atoms with Crippen LogP contribution in [0.3, 0.4) is 0 Å². The summed E-state index contributed by atoms with van der Waals surface area (Å²) in [5.74, 6) is 1.07. The molecular weight excluding hydrogens is 575 g/mol. The second-order valence-corrected chi connectivity index (χ2v) is 22.2. The Kier molecular flexibility index (Phi) is 36.6. The van der Waals surface area contributed by atoms with Gasteiger partial charge in [0.05, 0.1) is 0 Å². The van der Waals surface area contributed by atoms with Gasteiger partial charge >= 0.3 is 0 Å². The molecule has 0 fully saturated rings. The van der Waals surface area contributed by atoms with Gasteiger partial charge in [0.2, 0.25) is 6.69 Å². The molecule has 0 saturated heterocycles. The van der Waals surface area contributed by atoms with E-state index in [2.05, 4.69) is 12.6 Å². The fourth-order valence-electron chi connectivity index (χ4n) is 6.20. The second-order valence-electron chi connectivity index (χ2n) is 13.6. The summed E-state index contributed by atoms with van der Waals surface area (Å²) in [6, 6.07) is 1.06. The van der Waals surface area contributed by atoms with Crippen molar-refractivity contribution in [2.45, 2.75) is 231 Å². The van der Waals surface area contributed by atoms with E-state index in [1.165, 1.54) is 218 Å². The lowest BCUT2D eigenvalue weighted by Crippen LogP contribution is -2.11. The predicted molar refractivity (Wildman–Crippen MR) is 199 cm³/mol. The molecule has 0 atom stereocenters. The Morgan fingerprint density at radius 2 is 0.439 bits per heavy atom. The summed E-state index contributed by atoms with van der Waals surface area (Å²) in [6.45, 7) is 0.201. The Bertz CT molecular complexity index is 468. The largest absolute Gasteiger partial charge is 0.248 e. The highest BCUT2D eigenvalue weighted by Crippen LogP contribution is 2.23. The van der Waals surface area contributed by atoms with Gasteiger partial charge in [-0.15, -0.1) is 22.2 Å². The second kappa shape index (κ2) is 35.6. The zero-order chi connectivity index (χ0) is 30.0. The van der Waals surface area contributed by atoms with Gasteiger partial charge < -0.3 is 0 Å². The van der Waals surface area contributed by atoms with E-state index in [0.717, 1.165) is 11.8 Å². The van der Waals surface area contributed by atoms with Crippen LogP contribution in [-0.4, -0.2) is 12.4 Å². The van der Waals surface area contributed by atoms with Gasteiger partial charge in [0.1, 0.15) is 0 Å². The fourth-order valence-corrected chi connectivity index (χ4v) is 8.10. The molecule has 4 heteroatoms. The summed E-state index contributed by atoms with van der Waals surface area (Å²) in [5.41, 5.74) is 0. The first-order chi connectivity index (χ1) is 20.1. The minimum Gasteiger partial charge on any atom is -0.179 e. The van der Waals surface area contributed by atoms with Gasteiger partial charge in [-0.05, 0) is 24.8 Å². The van der Waals surface area contributed by atoms with E-state index in [1.54, 1.807) is 0 Å². The molecule has 0 rings (SSSR count). The van der Waals surface area contributed by atoms with Crippen LogP contribution in [0.2, 0.25) is 12.6 Å². The Morgan fingerprint density at radius 3 is 0.585 bits per heavy atom. The van der Waals surface area contributed by atoms with Gasteiger partial charge in [-0.3, -0.25) is 0 Å². The minimum atomic E-state index is -1.84. The molecular formula is C37H76Cl2SSi. The molecule has 0 nitrogen and oxygen atoms in total. The molecule has 0 unspecified atom stereocenters. The highest BCUT2D eigenvalue weighted by Gasteiger charge is 2.19. The maximum absolute atomic E-state index is 6.16. The van der Waals surface area contributed by atoms with Crippen molar-refractivity contribution in [2.75, 3.05) is 5.75 Å². The molecule has 0 N–H and O–H groups in total. The Hall–Kier alpha value is 1.15. The molecule has 0 aliphatic heterocycles. The van der Waals surface area contributed by atoms with E-state index in [1.807, 2.05) is 6.55 Å². The van der Waals surface area contributed by atoms with Crippen LogP contribution in [0.5, 0.6) is 0 Å². The van der Waals surface area contributed by atoms with Crippen molar-refractivity contribution in [2.24, 2.45) is 0 Å². The van der Waals surface area contributed by atoms with Crippen molar-refractivity contribution in [1.82, 2.24) is 0 Å². The minimum absolute atomic E-state index is 1.06. The monoisotopic (exact) mass is 650 g/mol. The molecule has 0 aromatic heterocycles. The standard InChI is InChI=1S/C37H76Cl2SSi/c1-41(38,39)37-35-33-31-29-27-25-23-21-19-17-15-13-11-9-7-5-3-2-4-6-8-10-12-14-16-18-20-22-24-26-28-30-32-34-36-40/h40H,2-37H2,1H3. The van der Waals surface area contributed by atoms with Crippen molar-refractivity contribution in [3.63, 3.8) is 0 Å². The fraction of sp³-hybridized carbons (Fsp3) is 1.00. The SMILES string of the molecule is C[Si](Cl)(Cl)CCCCCCCCCCCCCCCCCCCCCCCCCCCCCCCCCCCCS. The number of hydrogen-bond acceptors (Lipinski definition) is 1. The van der Waals surface area contributed by atoms with Gasteiger partial charge in [0.15, 0.2) is 0 Å². The Labute approximate surface area is 276 Å². The molecule has 0 spiro atoms. The van der Waals surface area contributed by atoms with Crippen molar-refractivity contribution < 1.29 is 0 Å². The van der Waals surface area contributed by atoms with Crippen LogP contribution in [0.1, 0.15) is 218 Å². The molecule has 0 aromatic carbocycles. The van der Waals surface area contributed by atoms with Crippen LogP contribution < -0.4 is 0 Å². The topological polar surface area (TPSA) is 0 Å². The van der Waals surface area contributed by atoms with E-state index < -0.39 is 6.69 Å². The number of thiol groups is 1. The van der Waals surface area contributed by atoms with E-state index in [-0.39, 0.29) is 0 Å². The lowest BCUT2D eigenvalue weighted by atomic mass is 10.0. The molecule has 0 radical (unpaired) electrons. The van der Waals surface area contributed by atoms with Gasteiger partial charge in [-0.1, -0.05) is 212 Å². The smallest absolute Gasteiger partial charge is 0.179 e. The molecule has 0 amide bonds. The first-order valence-electron chi connectivity index (χ1n) is 19.0. The van der Waals surface area contributed by atoms with Crippen LogP contribution in [0, 0.1) is 0 Å². The average Bonchev–Trinajstić information content (AvgIpc) is 2.94. The zero-order valence-electron chi connectivity index (χ0n) is 28.2. The normalized spacial score (nSPS) is 12.0. The van der Waals surface area contributed by atoms with E-state index >= 15 is 0 Å². The van der Waals surface area contributed by atoms with Gasteiger partial charge in [-0.25, -0.2) is 0 Å². The molecule has 248 valence electrons. The van der Waals surface area contributed by atoms with Gasteiger partial charge in [-0.2, -0.15) is 12.6 Å². The maximum Gasteiger partial charge on any atom is 0.248 e. The summed E-state index contributed by atoms with van der Waals surface area (Å²) in [4.78, 5) is 0. The number of hydrogen-bond donors (Lipinski definition) is 1. The molecule has 0 bridgehead atoms. The van der Waals surface area contributed by atoms with Crippen LogP contribution >= 0.6 is 34.8 Å². The summed E-state index contributed by atoms with van der Waals surface area (Å²) < 4.78 is 0. The lowest BCUT2D eigenvalue weighted by molar-refractivity contribution is 0.511. The predicted octanol–water partition coefficient (Wildman–Crippen LogP) is 15.7. The average molecular weight is 652 g/mol.